The minimum Gasteiger partial charge on any atom is -0.478 e. The number of halogens is 3. The van der Waals surface area contributed by atoms with E-state index >= 15 is 0 Å². The smallest absolute Gasteiger partial charge is 0.394 e. The van der Waals surface area contributed by atoms with Gasteiger partial charge in [-0.25, -0.2) is 24.0 Å². The number of amides is 1. The van der Waals surface area contributed by atoms with Crippen LogP contribution in [0.5, 0.6) is 0 Å². The molecule has 0 bridgehead atoms. The van der Waals surface area contributed by atoms with Crippen LogP contribution in [0.25, 0.3) is 5.57 Å². The number of fused-ring (bicyclic) bond motifs is 2. The Labute approximate surface area is 510 Å². The average molecular weight is 1500 g/mol. The highest BCUT2D eigenvalue weighted by Gasteiger charge is 2.25. The van der Waals surface area contributed by atoms with Crippen molar-refractivity contribution in [1.29, 1.82) is 0 Å². The molecule has 438 valence electrons. The van der Waals surface area contributed by atoms with Crippen LogP contribution >= 0.6 is 67.8 Å². The van der Waals surface area contributed by atoms with Gasteiger partial charge in [-0.05, 0) is 146 Å². The van der Waals surface area contributed by atoms with Crippen molar-refractivity contribution in [2.45, 2.75) is 25.7 Å². The Morgan fingerprint density at radius 2 is 1.12 bits per heavy atom. The van der Waals surface area contributed by atoms with Crippen LogP contribution in [-0.2, 0) is 19.9 Å². The molecular weight excluding hydrogens is 1440 g/mol. The lowest BCUT2D eigenvalue weighted by Crippen LogP contribution is -2.12. The van der Waals surface area contributed by atoms with Gasteiger partial charge < -0.3 is 46.1 Å². The van der Waals surface area contributed by atoms with Crippen LogP contribution in [0.15, 0.2) is 128 Å². The summed E-state index contributed by atoms with van der Waals surface area (Å²) in [5.41, 5.74) is 10.7. The van der Waals surface area contributed by atoms with E-state index in [1.54, 1.807) is 59.0 Å². The van der Waals surface area contributed by atoms with E-state index in [9.17, 15) is 54.1 Å². The third-order valence-electron chi connectivity index (χ3n) is 10.6. The Morgan fingerprint density at radius 3 is 1.57 bits per heavy atom. The first kappa shape index (κ1) is 70.6. The number of rotatable bonds is 9. The number of methoxy groups -OCH3 is 1. The van der Waals surface area contributed by atoms with E-state index in [1.807, 2.05) is 70.3 Å². The molecule has 0 aromatic heterocycles. The van der Waals surface area contributed by atoms with Crippen LogP contribution in [-0.4, -0.2) is 121 Å². The second-order valence-electron chi connectivity index (χ2n) is 15.7. The summed E-state index contributed by atoms with van der Waals surface area (Å²) in [4.78, 5) is 87.2. The van der Waals surface area contributed by atoms with E-state index in [1.165, 1.54) is 80.6 Å². The highest BCUT2D eigenvalue weighted by Crippen LogP contribution is 2.36. The minimum atomic E-state index is -4.67. The molecule has 8 rings (SSSR count). The van der Waals surface area contributed by atoms with Crippen molar-refractivity contribution < 1.29 is 92.5 Å². The number of aromatic carboxylic acids is 4. The fourth-order valence-electron chi connectivity index (χ4n) is 6.86. The summed E-state index contributed by atoms with van der Waals surface area (Å²) in [5, 5.41) is 66.5. The fraction of sp³-hybridized carbons (Fsp3) is 0.170. The predicted octanol–water partition coefficient (Wildman–Crippen LogP) is 10.5. The van der Waals surface area contributed by atoms with Gasteiger partial charge in [-0.3, -0.25) is 34.1 Å². The van der Waals surface area contributed by atoms with Crippen molar-refractivity contribution in [3.05, 3.63) is 211 Å². The van der Waals surface area contributed by atoms with Gasteiger partial charge in [0.2, 0.25) is 0 Å². The molecule has 2 aliphatic heterocycles. The lowest BCUT2D eigenvalue weighted by molar-refractivity contribution is -0.386. The molecule has 2 aliphatic rings. The van der Waals surface area contributed by atoms with Gasteiger partial charge >= 0.3 is 40.2 Å². The van der Waals surface area contributed by atoms with Crippen molar-refractivity contribution in [3.63, 3.8) is 0 Å². The normalized spacial score (nSPS) is 12.3. The molecule has 1 amide bonds. The Morgan fingerprint density at radius 1 is 0.695 bits per heavy atom. The summed E-state index contributed by atoms with van der Waals surface area (Å²) in [7, 11) is -2.44. The van der Waals surface area contributed by atoms with Gasteiger partial charge in [-0.1, -0.05) is 84.6 Å². The molecule has 6 aromatic carbocycles. The molecule has 29 heteroatoms. The number of benzene rings is 6. The number of carbonyl (C=O) groups is 6. The van der Waals surface area contributed by atoms with Crippen LogP contribution in [0.3, 0.4) is 0 Å². The van der Waals surface area contributed by atoms with Crippen LogP contribution in [0.2, 0.25) is 0 Å². The zero-order chi connectivity index (χ0) is 63.3. The highest BCUT2D eigenvalue weighted by atomic mass is 127. The molecule has 2 heterocycles. The quantitative estimate of drug-likeness (QED) is 0.0123. The Kier molecular flexibility index (Phi) is 31.0. The molecule has 1 atom stereocenters. The fourth-order valence-corrected chi connectivity index (χ4v) is 7.92. The number of ether oxygens (including phenoxy) is 2. The van der Waals surface area contributed by atoms with Gasteiger partial charge in [0.25, 0.3) is 17.3 Å². The molecule has 0 radical (unpaired) electrons. The van der Waals surface area contributed by atoms with Crippen LogP contribution in [0.1, 0.15) is 111 Å². The number of nitrogens with zero attached hydrogens (tertiary/aromatic N) is 2. The van der Waals surface area contributed by atoms with Crippen LogP contribution in [0.4, 0.5) is 22.7 Å². The molecule has 1 unspecified atom stereocenters. The van der Waals surface area contributed by atoms with E-state index in [0.717, 1.165) is 37.5 Å². The number of nitrogens with one attached hydrogen (secondary N) is 1. The van der Waals surface area contributed by atoms with E-state index < -0.39 is 50.1 Å². The summed E-state index contributed by atoms with van der Waals surface area (Å²) in [6, 6.07) is 31.0. The van der Waals surface area contributed by atoms with Gasteiger partial charge in [-0.15, -0.1) is 0 Å². The number of hydrogen-bond acceptors (Lipinski definition) is 16. The molecule has 0 aliphatic carbocycles. The first-order valence-electron chi connectivity index (χ1n) is 23.4. The van der Waals surface area contributed by atoms with E-state index in [-0.39, 0.29) is 56.7 Å². The summed E-state index contributed by atoms with van der Waals surface area (Å²) in [6.07, 6.45) is 2.56. The van der Waals surface area contributed by atoms with Crippen molar-refractivity contribution >= 4 is 142 Å². The predicted molar refractivity (Wildman–Crippen MR) is 327 cm³/mol. The van der Waals surface area contributed by atoms with Crippen molar-refractivity contribution in [2.75, 3.05) is 43.4 Å². The number of anilines is 2. The first-order valence-corrected chi connectivity index (χ1v) is 27.8. The molecule has 1 fully saturated rings. The molecular formula is C53H53I3N4O21S. The lowest BCUT2D eigenvalue weighted by Gasteiger charge is -2.14. The Bertz CT molecular complexity index is 3410. The second-order valence-corrected chi connectivity index (χ2v) is 18.9. The summed E-state index contributed by atoms with van der Waals surface area (Å²) < 4.78 is 48.1. The number of carbonyl (C=O) groups excluding carboxylic acids is 2. The topological polar surface area (TPSA) is 421 Å². The van der Waals surface area contributed by atoms with Gasteiger partial charge in [0, 0.05) is 62.2 Å². The largest absolute Gasteiger partial charge is 0.478 e. The maximum absolute atomic E-state index is 12.2. The number of nitrogens with two attached hydrogens (primary N) is 1. The number of nitrogen functional groups attached to an aromatic ring is 1. The highest BCUT2D eigenvalue weighted by molar-refractivity contribution is 14.1. The number of carboxylic acids is 4. The molecule has 0 spiro atoms. The molecule has 10 N–H and O–H groups in total. The summed E-state index contributed by atoms with van der Waals surface area (Å²) in [6.45, 7) is 7.90. The van der Waals surface area contributed by atoms with Crippen LogP contribution in [0, 0.1) is 27.4 Å². The zero-order valence-electron chi connectivity index (χ0n) is 44.2. The second kappa shape index (κ2) is 36.0. The lowest BCUT2D eigenvalue weighted by atomic mass is 9.89. The Hall–Kier alpha value is -7.54. The average Bonchev–Trinajstić information content (AvgIpc) is 4.26. The third kappa shape index (κ3) is 23.5. The number of nitro benzene ring substituents is 2. The molecule has 82 heavy (non-hydrogen) atoms. The number of nitro groups is 2. The number of carboxylic acid groups (broad SMARTS) is 4. The van der Waals surface area contributed by atoms with E-state index in [4.69, 9.17) is 49.8 Å². The maximum atomic E-state index is 12.2. The molecule has 25 nitrogen and oxygen atoms in total. The molecule has 6 aromatic rings. The van der Waals surface area contributed by atoms with Gasteiger partial charge in [0.05, 0.1) is 51.9 Å². The minimum absolute atomic E-state index is 0.0306. The zero-order valence-corrected chi connectivity index (χ0v) is 50.5. The number of hydrogen-bond donors (Lipinski definition) is 9. The number of aliphatic hydroxyl groups is 1. The Balaban J connectivity index is 0.000000517. The van der Waals surface area contributed by atoms with Crippen molar-refractivity contribution in [2.24, 2.45) is 0 Å². The maximum Gasteiger partial charge on any atom is 0.394 e. The first-order chi connectivity index (χ1) is 39.0. The third-order valence-corrected chi connectivity index (χ3v) is 12.4. The number of aliphatic hydroxyl groups excluding tert-OH is 1. The number of esters is 1. The van der Waals surface area contributed by atoms with Gasteiger partial charge in [0.15, 0.2) is 0 Å². The SMILES string of the molecule is C1CCOC1.C=C(c1ccc(C(=O)O)cc1N)c1ccccc1C(=O)O.CC1c2ccc(C(=O)O)cc2NC(=O)c2ccccc21.CO.COC(=O)c1ccc(I)c([N+](=O)[O-])c1.O=C(O)c1ccc(I)c([N+](=O)[O-])c1.O=S(=O)(O)O.[2H]CI. The van der Waals surface area contributed by atoms with Crippen molar-refractivity contribution in [1.82, 2.24) is 0 Å². The van der Waals surface area contributed by atoms with Gasteiger partial charge in [-0.2, -0.15) is 8.42 Å². The van der Waals surface area contributed by atoms with Crippen LogP contribution < -0.4 is 11.1 Å². The monoisotopic (exact) mass is 1500 g/mol. The summed E-state index contributed by atoms with van der Waals surface area (Å²) in [5.74, 6) is -5.06. The van der Waals surface area contributed by atoms with Crippen molar-refractivity contribution in [3.8, 4) is 0 Å². The number of alkyl halides is 1. The van der Waals surface area contributed by atoms with E-state index in [0.29, 0.717) is 40.0 Å². The molecule has 0 saturated carbocycles. The molecule has 1 saturated heterocycles. The van der Waals surface area contributed by atoms with Gasteiger partial charge in [0.1, 0.15) is 0 Å². The van der Waals surface area contributed by atoms with E-state index in [2.05, 4.69) is 16.6 Å². The summed E-state index contributed by atoms with van der Waals surface area (Å²) >= 11 is 5.57. The standard InChI is InChI=1S/C16H13NO4.C16H13NO3.C8H6INO4.C7H4INO4.C4H8O.CH3I.CH4O.H2O4S/c1-9(11-4-2-3-5-13(11)16(20)21)12-7-6-10(15(18)19)8-14(12)17;1-9-11-4-2-3-5-13(11)15(18)17-14-8-10(16(19)20)6-7-12(9)14;1-14-8(11)5-2-3-6(9)7(4-5)10(12)13;8-5-2-1-4(7(10)11)3-6(5)9(12)13;1-2-4-5-3-1;2*1-2;1-5(2,3)4/h2-8H,1,17H2,(H,18,19)(H,20,21);2-9H,1H3,(H,17,18)(H,19,20);2-4H,1H3;1-3H,(H,10,11);1-4H2;1H3;2H,1H3;(H2,1,2,3,4)/i;;;;;1D;;.